The van der Waals surface area contributed by atoms with Crippen molar-refractivity contribution in [2.75, 3.05) is 13.1 Å². The van der Waals surface area contributed by atoms with Crippen LogP contribution in [0, 0.1) is 18.3 Å². The predicted octanol–water partition coefficient (Wildman–Crippen LogP) is 6.18. The first kappa shape index (κ1) is 28.2. The van der Waals surface area contributed by atoms with Gasteiger partial charge in [0.25, 0.3) is 0 Å². The van der Waals surface area contributed by atoms with E-state index in [9.17, 15) is 35.9 Å². The van der Waals surface area contributed by atoms with Crippen LogP contribution in [0.1, 0.15) is 53.5 Å². The van der Waals surface area contributed by atoms with Gasteiger partial charge in [-0.2, -0.15) is 26.3 Å². The number of rotatable bonds is 6. The Morgan fingerprint density at radius 1 is 0.900 bits per heavy atom. The Hall–Kier alpha value is -3.34. The minimum Gasteiger partial charge on any atom is -0.334 e. The molecule has 1 aliphatic carbocycles. The van der Waals surface area contributed by atoms with Crippen LogP contribution < -0.4 is 10.9 Å². The number of halogens is 6. The third kappa shape index (κ3) is 5.75. The summed E-state index contributed by atoms with van der Waals surface area (Å²) >= 11 is 0. The lowest BCUT2D eigenvalue weighted by molar-refractivity contribution is -0.147. The highest BCUT2D eigenvalue weighted by molar-refractivity contribution is 5.85. The molecule has 1 aliphatic heterocycles. The number of aromatic nitrogens is 1. The van der Waals surface area contributed by atoms with Crippen molar-refractivity contribution < 1.29 is 31.1 Å². The van der Waals surface area contributed by atoms with E-state index in [0.29, 0.717) is 49.1 Å². The minimum atomic E-state index is -4.99. The van der Waals surface area contributed by atoms with Crippen molar-refractivity contribution in [3.63, 3.8) is 0 Å². The molecular formula is C29H29F6N3O2. The zero-order valence-electron chi connectivity index (χ0n) is 21.8. The molecule has 2 N–H and O–H groups in total. The van der Waals surface area contributed by atoms with Crippen molar-refractivity contribution in [1.29, 1.82) is 0 Å². The number of carbonyl (C=O) groups is 1. The third-order valence-corrected chi connectivity index (χ3v) is 8.07. The van der Waals surface area contributed by atoms with Crippen LogP contribution in [0.3, 0.4) is 0 Å². The van der Waals surface area contributed by atoms with E-state index in [1.165, 1.54) is 11.0 Å². The predicted molar refractivity (Wildman–Crippen MR) is 137 cm³/mol. The largest absolute Gasteiger partial charge is 0.416 e. The number of hydrogen-bond donors (Lipinski definition) is 2. The molecule has 1 amide bonds. The van der Waals surface area contributed by atoms with Crippen molar-refractivity contribution in [2.45, 2.75) is 58.0 Å². The number of nitrogens with zero attached hydrogens (tertiary/aromatic N) is 1. The molecule has 0 bridgehead atoms. The lowest BCUT2D eigenvalue weighted by Gasteiger charge is -2.41. The van der Waals surface area contributed by atoms with Crippen LogP contribution in [0.2, 0.25) is 0 Å². The Balaban J connectivity index is 1.58. The Bertz CT molecular complexity index is 1450. The smallest absolute Gasteiger partial charge is 0.334 e. The number of amides is 1. The van der Waals surface area contributed by atoms with Crippen molar-refractivity contribution in [1.82, 2.24) is 15.2 Å². The molecular weight excluding hydrogens is 536 g/mol. The Labute approximate surface area is 226 Å². The van der Waals surface area contributed by atoms with Crippen LogP contribution >= 0.6 is 0 Å². The maximum Gasteiger partial charge on any atom is 0.416 e. The highest BCUT2D eigenvalue weighted by Gasteiger charge is 2.52. The number of aromatic amines is 1. The van der Waals surface area contributed by atoms with Crippen molar-refractivity contribution >= 4 is 16.8 Å². The Kier molecular flexibility index (Phi) is 7.22. The summed E-state index contributed by atoms with van der Waals surface area (Å²) in [7, 11) is 0. The number of pyridine rings is 1. The molecule has 3 aromatic rings. The normalized spacial score (nSPS) is 17.7. The maximum absolute atomic E-state index is 14.3. The molecule has 2 fully saturated rings. The first-order valence-electron chi connectivity index (χ1n) is 13.2. The molecule has 0 spiro atoms. The maximum atomic E-state index is 14.3. The Morgan fingerprint density at radius 2 is 1.48 bits per heavy atom. The molecule has 2 aliphatic rings. The molecule has 40 heavy (non-hydrogen) atoms. The number of carbonyl (C=O) groups excluding carboxylic acids is 1. The van der Waals surface area contributed by atoms with Crippen LogP contribution in [0.5, 0.6) is 0 Å². The molecule has 1 aromatic heterocycles. The summed E-state index contributed by atoms with van der Waals surface area (Å²) in [5.74, 6) is -0.131. The van der Waals surface area contributed by atoms with Crippen LogP contribution in [-0.2, 0) is 30.2 Å². The minimum absolute atomic E-state index is 0.0357. The second kappa shape index (κ2) is 10.2. The van der Waals surface area contributed by atoms with Gasteiger partial charge in [0, 0.05) is 30.1 Å². The third-order valence-electron chi connectivity index (χ3n) is 8.07. The molecule has 0 unspecified atom stereocenters. The van der Waals surface area contributed by atoms with E-state index in [-0.39, 0.29) is 35.6 Å². The van der Waals surface area contributed by atoms with E-state index in [1.54, 1.807) is 12.1 Å². The molecule has 0 atom stereocenters. The molecule has 0 radical (unpaired) electrons. The van der Waals surface area contributed by atoms with E-state index >= 15 is 0 Å². The zero-order valence-corrected chi connectivity index (χ0v) is 21.8. The Morgan fingerprint density at radius 3 is 2.02 bits per heavy atom. The van der Waals surface area contributed by atoms with Crippen molar-refractivity contribution in [2.24, 2.45) is 11.3 Å². The number of nitrogens with one attached hydrogen (secondary N) is 2. The summed E-state index contributed by atoms with van der Waals surface area (Å²) in [6, 6.07) is 8.05. The zero-order chi connectivity index (χ0) is 28.9. The number of aryl methyl sites for hydroxylation is 1. The fourth-order valence-electron chi connectivity index (χ4n) is 5.99. The van der Waals surface area contributed by atoms with Gasteiger partial charge in [0.05, 0.1) is 16.5 Å². The van der Waals surface area contributed by atoms with E-state index in [1.807, 2.05) is 13.0 Å². The number of benzene rings is 2. The highest BCUT2D eigenvalue weighted by atomic mass is 19.4. The topological polar surface area (TPSA) is 65.2 Å². The van der Waals surface area contributed by atoms with Crippen LogP contribution in [0.15, 0.2) is 47.3 Å². The number of alkyl halides is 6. The summed E-state index contributed by atoms with van der Waals surface area (Å²) in [5.41, 5.74) is -2.15. The number of fused-ring (bicyclic) bond motifs is 1. The van der Waals surface area contributed by atoms with Gasteiger partial charge in [-0.15, -0.1) is 0 Å². The summed E-state index contributed by atoms with van der Waals surface area (Å²) in [6.45, 7) is 2.59. The van der Waals surface area contributed by atoms with E-state index in [2.05, 4.69) is 10.3 Å². The lowest BCUT2D eigenvalue weighted by atomic mass is 9.73. The van der Waals surface area contributed by atoms with Gasteiger partial charge in [0.2, 0.25) is 11.5 Å². The van der Waals surface area contributed by atoms with Gasteiger partial charge in [0.1, 0.15) is 0 Å². The standard InChI is InChI=1S/C29H29F6N3O2/c1-17-10-18(13-24-23(17)4-5-25(39)37-24)15-38(26(40)27(20-2-3-20)6-8-36-9-7-27)16-19-11-21(28(30,31)32)14-22(12-19)29(33,34)35/h4-5,10-14,20,36H,2-3,6-9,15-16H2,1H3,(H,37,39). The monoisotopic (exact) mass is 565 g/mol. The quantitative estimate of drug-likeness (QED) is 0.351. The van der Waals surface area contributed by atoms with E-state index in [0.717, 1.165) is 23.8 Å². The first-order chi connectivity index (χ1) is 18.8. The molecule has 5 rings (SSSR count). The van der Waals surface area contributed by atoms with E-state index < -0.39 is 35.4 Å². The van der Waals surface area contributed by atoms with Crippen molar-refractivity contribution in [3.05, 3.63) is 80.6 Å². The summed E-state index contributed by atoms with van der Waals surface area (Å²) in [5, 5.41) is 4.04. The van der Waals surface area contributed by atoms with Crippen LogP contribution in [-0.4, -0.2) is 28.9 Å². The molecule has 11 heteroatoms. The fraction of sp³-hybridized carbons (Fsp3) is 0.448. The van der Waals surface area contributed by atoms with Crippen molar-refractivity contribution in [3.8, 4) is 0 Å². The van der Waals surface area contributed by atoms with Gasteiger partial charge in [0.15, 0.2) is 0 Å². The van der Waals surface area contributed by atoms with Crippen LogP contribution in [0.25, 0.3) is 10.9 Å². The van der Waals surface area contributed by atoms with Gasteiger partial charge in [-0.05, 0) is 98.6 Å². The molecule has 2 heterocycles. The first-order valence-corrected chi connectivity index (χ1v) is 13.2. The average molecular weight is 566 g/mol. The second-order valence-electron chi connectivity index (χ2n) is 11.0. The summed E-state index contributed by atoms with van der Waals surface area (Å²) < 4.78 is 81.5. The molecule has 2 aromatic carbocycles. The number of hydrogen-bond acceptors (Lipinski definition) is 3. The van der Waals surface area contributed by atoms with Gasteiger partial charge in [-0.25, -0.2) is 0 Å². The van der Waals surface area contributed by atoms with Crippen LogP contribution in [0.4, 0.5) is 26.3 Å². The van der Waals surface area contributed by atoms with E-state index in [4.69, 9.17) is 0 Å². The number of piperidine rings is 1. The SMILES string of the molecule is Cc1cc(CN(Cc2cc(C(F)(F)F)cc(C(F)(F)F)c2)C(=O)C2(C3CC3)CCNCC2)cc2[nH]c(=O)ccc12. The fourth-order valence-corrected chi connectivity index (χ4v) is 5.99. The highest BCUT2D eigenvalue weighted by Crippen LogP contribution is 2.52. The van der Waals surface area contributed by atoms with Gasteiger partial charge < -0.3 is 15.2 Å². The molecule has 1 saturated heterocycles. The van der Waals surface area contributed by atoms with Gasteiger partial charge in [-0.1, -0.05) is 6.07 Å². The second-order valence-corrected chi connectivity index (χ2v) is 11.0. The lowest BCUT2D eigenvalue weighted by Crippen LogP contribution is -2.50. The van der Waals surface area contributed by atoms with Gasteiger partial charge >= 0.3 is 12.4 Å². The molecule has 1 saturated carbocycles. The van der Waals surface area contributed by atoms with Gasteiger partial charge in [-0.3, -0.25) is 9.59 Å². The molecule has 214 valence electrons. The average Bonchev–Trinajstić information content (AvgIpc) is 3.73. The molecule has 5 nitrogen and oxygen atoms in total. The number of H-pyrrole nitrogens is 1. The summed E-state index contributed by atoms with van der Waals surface area (Å²) in [6.07, 6.45) is -7.16. The summed E-state index contributed by atoms with van der Waals surface area (Å²) in [4.78, 5) is 30.3.